The van der Waals surface area contributed by atoms with Gasteiger partial charge in [0.25, 0.3) is 0 Å². The molecule has 0 aliphatic carbocycles. The Balaban J connectivity index is 2.88. The number of ether oxygens (including phenoxy) is 1. The fourth-order valence-corrected chi connectivity index (χ4v) is 0.766. The van der Waals surface area contributed by atoms with Gasteiger partial charge in [-0.15, -0.1) is 6.42 Å². The van der Waals surface area contributed by atoms with Crippen LogP contribution >= 0.6 is 0 Å². The lowest BCUT2D eigenvalue weighted by Crippen LogP contribution is -2.16. The Morgan fingerprint density at radius 2 is 2.33 bits per heavy atom. The number of benzene rings is 1. The third-order valence-corrected chi connectivity index (χ3v) is 1.22. The van der Waals surface area contributed by atoms with Crippen molar-refractivity contribution in [3.05, 3.63) is 29.8 Å². The first kappa shape index (κ1) is 8.15. The van der Waals surface area contributed by atoms with Gasteiger partial charge in [-0.05, 0) is 18.2 Å². The summed E-state index contributed by atoms with van der Waals surface area (Å²) >= 11 is 0. The molecule has 0 atom stereocenters. The van der Waals surface area contributed by atoms with Crippen molar-refractivity contribution < 1.29 is 9.53 Å². The SMILES string of the molecule is C#Cc1cccc(OC(N)=O)c1. The molecule has 1 aromatic rings. The minimum absolute atomic E-state index is 0.359. The molecule has 12 heavy (non-hydrogen) atoms. The Bertz CT molecular complexity index is 339. The molecule has 60 valence electrons. The predicted molar refractivity (Wildman–Crippen MR) is 44.6 cm³/mol. The molecule has 0 spiro atoms. The molecule has 1 amide bonds. The van der Waals surface area contributed by atoms with Gasteiger partial charge < -0.3 is 10.5 Å². The van der Waals surface area contributed by atoms with Crippen molar-refractivity contribution in [2.75, 3.05) is 0 Å². The van der Waals surface area contributed by atoms with Gasteiger partial charge in [-0.1, -0.05) is 12.0 Å². The maximum atomic E-state index is 10.3. The average molecular weight is 161 g/mol. The molecule has 3 nitrogen and oxygen atoms in total. The number of primary amides is 1. The number of carbonyl (C=O) groups excluding carboxylic acids is 1. The van der Waals surface area contributed by atoms with Crippen molar-refractivity contribution in [1.29, 1.82) is 0 Å². The molecule has 0 aliphatic rings. The molecule has 0 unspecified atom stereocenters. The lowest BCUT2D eigenvalue weighted by atomic mass is 10.2. The van der Waals surface area contributed by atoms with Crippen LogP contribution in [0.3, 0.4) is 0 Å². The number of terminal acetylenes is 1. The van der Waals surface area contributed by atoms with Gasteiger partial charge in [-0.25, -0.2) is 4.79 Å². The van der Waals surface area contributed by atoms with Gasteiger partial charge in [-0.3, -0.25) is 0 Å². The van der Waals surface area contributed by atoms with E-state index in [0.29, 0.717) is 11.3 Å². The van der Waals surface area contributed by atoms with Crippen LogP contribution in [0, 0.1) is 12.3 Å². The summed E-state index contributed by atoms with van der Waals surface area (Å²) < 4.78 is 4.60. The predicted octanol–water partition coefficient (Wildman–Crippen LogP) is 1.13. The lowest BCUT2D eigenvalue weighted by Gasteiger charge is -1.99. The molecule has 2 N–H and O–H groups in total. The number of hydrogen-bond acceptors (Lipinski definition) is 2. The van der Waals surface area contributed by atoms with Gasteiger partial charge >= 0.3 is 6.09 Å². The highest BCUT2D eigenvalue weighted by Crippen LogP contribution is 2.11. The largest absolute Gasteiger partial charge is 0.410 e. The normalized spacial score (nSPS) is 8.58. The van der Waals surface area contributed by atoms with E-state index in [1.165, 1.54) is 0 Å². The summed E-state index contributed by atoms with van der Waals surface area (Å²) in [6, 6.07) is 6.58. The number of carbonyl (C=O) groups is 1. The van der Waals surface area contributed by atoms with Gasteiger partial charge in [-0.2, -0.15) is 0 Å². The summed E-state index contributed by atoms with van der Waals surface area (Å²) in [4.78, 5) is 10.3. The fraction of sp³-hybridized carbons (Fsp3) is 0. The number of nitrogens with two attached hydrogens (primary N) is 1. The van der Waals surface area contributed by atoms with Crippen molar-refractivity contribution >= 4 is 6.09 Å². The average Bonchev–Trinajstić information content (AvgIpc) is 2.03. The summed E-state index contributed by atoms with van der Waals surface area (Å²) in [7, 11) is 0. The zero-order valence-corrected chi connectivity index (χ0v) is 6.28. The van der Waals surface area contributed by atoms with E-state index in [1.54, 1.807) is 24.3 Å². The maximum Gasteiger partial charge on any atom is 0.409 e. The van der Waals surface area contributed by atoms with Crippen LogP contribution in [0.4, 0.5) is 4.79 Å². The molecule has 0 heterocycles. The number of rotatable bonds is 1. The molecule has 0 saturated heterocycles. The van der Waals surface area contributed by atoms with Gasteiger partial charge in [0.05, 0.1) is 0 Å². The maximum absolute atomic E-state index is 10.3. The minimum Gasteiger partial charge on any atom is -0.410 e. The van der Waals surface area contributed by atoms with Crippen LogP contribution in [-0.4, -0.2) is 6.09 Å². The number of amides is 1. The van der Waals surface area contributed by atoms with Gasteiger partial charge in [0.15, 0.2) is 0 Å². The van der Waals surface area contributed by atoms with Gasteiger partial charge in [0.2, 0.25) is 0 Å². The van der Waals surface area contributed by atoms with Crippen molar-refractivity contribution in [1.82, 2.24) is 0 Å². The summed E-state index contributed by atoms with van der Waals surface area (Å²) in [6.45, 7) is 0. The van der Waals surface area contributed by atoms with Crippen LogP contribution in [0.2, 0.25) is 0 Å². The fourth-order valence-electron chi connectivity index (χ4n) is 0.766. The minimum atomic E-state index is -0.843. The Morgan fingerprint density at radius 1 is 1.58 bits per heavy atom. The van der Waals surface area contributed by atoms with Crippen molar-refractivity contribution in [2.45, 2.75) is 0 Å². The highest BCUT2D eigenvalue weighted by molar-refractivity contribution is 5.68. The molecular formula is C9H7NO2. The van der Waals surface area contributed by atoms with Crippen LogP contribution in [0.1, 0.15) is 5.56 Å². The standard InChI is InChI=1S/C9H7NO2/c1-2-7-4-3-5-8(6-7)12-9(10)11/h1,3-6H,(H2,10,11). The van der Waals surface area contributed by atoms with Crippen molar-refractivity contribution in [3.63, 3.8) is 0 Å². The first-order chi connectivity index (χ1) is 5.72. The molecular weight excluding hydrogens is 154 g/mol. The summed E-state index contributed by atoms with van der Waals surface area (Å²) in [5, 5.41) is 0. The third-order valence-electron chi connectivity index (χ3n) is 1.22. The van der Waals surface area contributed by atoms with E-state index in [4.69, 9.17) is 12.2 Å². The Labute approximate surface area is 70.1 Å². The van der Waals surface area contributed by atoms with Crippen molar-refractivity contribution in [2.24, 2.45) is 5.73 Å². The molecule has 0 radical (unpaired) electrons. The van der Waals surface area contributed by atoms with E-state index in [1.807, 2.05) is 0 Å². The molecule has 3 heteroatoms. The summed E-state index contributed by atoms with van der Waals surface area (Å²) in [5.41, 5.74) is 5.45. The molecule has 1 rings (SSSR count). The highest BCUT2D eigenvalue weighted by Gasteiger charge is 1.97. The smallest absolute Gasteiger partial charge is 0.409 e. The molecule has 1 aromatic carbocycles. The second-order valence-electron chi connectivity index (χ2n) is 2.09. The Hall–Kier alpha value is -1.95. The van der Waals surface area contributed by atoms with Crippen LogP contribution in [-0.2, 0) is 0 Å². The molecule has 0 bridgehead atoms. The molecule has 0 fully saturated rings. The van der Waals surface area contributed by atoms with E-state index in [9.17, 15) is 4.79 Å². The Kier molecular flexibility index (Phi) is 2.34. The van der Waals surface area contributed by atoms with Crippen LogP contribution in [0.25, 0.3) is 0 Å². The van der Waals surface area contributed by atoms with Crippen molar-refractivity contribution in [3.8, 4) is 18.1 Å². The van der Waals surface area contributed by atoms with Crippen LogP contribution in [0.5, 0.6) is 5.75 Å². The topological polar surface area (TPSA) is 52.3 Å². The first-order valence-corrected chi connectivity index (χ1v) is 3.26. The third kappa shape index (κ3) is 2.03. The summed E-state index contributed by atoms with van der Waals surface area (Å²) in [6.07, 6.45) is 4.28. The van der Waals surface area contributed by atoms with Gasteiger partial charge in [0.1, 0.15) is 5.75 Å². The van der Waals surface area contributed by atoms with Crippen LogP contribution < -0.4 is 10.5 Å². The quantitative estimate of drug-likeness (QED) is 0.627. The Morgan fingerprint density at radius 3 is 2.92 bits per heavy atom. The second-order valence-corrected chi connectivity index (χ2v) is 2.09. The number of hydrogen-bond donors (Lipinski definition) is 1. The van der Waals surface area contributed by atoms with E-state index in [-0.39, 0.29) is 0 Å². The van der Waals surface area contributed by atoms with E-state index >= 15 is 0 Å². The van der Waals surface area contributed by atoms with Gasteiger partial charge in [0, 0.05) is 5.56 Å². The zero-order valence-electron chi connectivity index (χ0n) is 6.28. The molecule has 0 aliphatic heterocycles. The van der Waals surface area contributed by atoms with E-state index in [0.717, 1.165) is 0 Å². The lowest BCUT2D eigenvalue weighted by molar-refractivity contribution is 0.211. The first-order valence-electron chi connectivity index (χ1n) is 3.26. The second kappa shape index (κ2) is 3.44. The van der Waals surface area contributed by atoms with Crippen LogP contribution in [0.15, 0.2) is 24.3 Å². The highest BCUT2D eigenvalue weighted by atomic mass is 16.5. The monoisotopic (exact) mass is 161 g/mol. The zero-order chi connectivity index (χ0) is 8.97. The molecule has 0 saturated carbocycles. The van der Waals surface area contributed by atoms with E-state index < -0.39 is 6.09 Å². The molecule has 0 aromatic heterocycles. The van der Waals surface area contributed by atoms with E-state index in [2.05, 4.69) is 10.7 Å². The summed E-state index contributed by atoms with van der Waals surface area (Å²) in [5.74, 6) is 2.77.